The number of halogens is 3. The standard InChI is InChI=1S/C14H17F3N2O3/c1-9(2)7-18-13(21)19-12(20)8-22-11-5-3-4-10(6-11)14(15,16)17/h3-6,9H,7-8H2,1-2H3,(H2,18,19,20,21). The fourth-order valence-electron chi connectivity index (χ4n) is 1.41. The Kier molecular flexibility index (Phi) is 6.21. The van der Waals surface area contributed by atoms with E-state index >= 15 is 0 Å². The lowest BCUT2D eigenvalue weighted by Crippen LogP contribution is -2.42. The molecule has 0 atom stereocenters. The van der Waals surface area contributed by atoms with E-state index in [4.69, 9.17) is 4.74 Å². The van der Waals surface area contributed by atoms with Crippen LogP contribution < -0.4 is 15.4 Å². The van der Waals surface area contributed by atoms with Crippen LogP contribution in [0.2, 0.25) is 0 Å². The third kappa shape index (κ3) is 6.47. The van der Waals surface area contributed by atoms with Crippen molar-refractivity contribution < 1.29 is 27.5 Å². The molecule has 0 aromatic heterocycles. The first kappa shape index (κ1) is 17.8. The third-order valence-corrected chi connectivity index (χ3v) is 2.46. The van der Waals surface area contributed by atoms with Crippen LogP contribution >= 0.6 is 0 Å². The summed E-state index contributed by atoms with van der Waals surface area (Å²) in [7, 11) is 0. The van der Waals surface area contributed by atoms with Crippen molar-refractivity contribution in [3.8, 4) is 5.75 Å². The molecule has 0 saturated heterocycles. The molecule has 1 aromatic carbocycles. The van der Waals surface area contributed by atoms with E-state index < -0.39 is 30.3 Å². The van der Waals surface area contributed by atoms with Crippen molar-refractivity contribution in [2.24, 2.45) is 5.92 Å². The van der Waals surface area contributed by atoms with E-state index in [0.717, 1.165) is 12.1 Å². The van der Waals surface area contributed by atoms with Crippen molar-refractivity contribution in [1.29, 1.82) is 0 Å². The number of carbonyl (C=O) groups excluding carboxylic acids is 2. The zero-order valence-electron chi connectivity index (χ0n) is 12.2. The molecule has 5 nitrogen and oxygen atoms in total. The van der Waals surface area contributed by atoms with Gasteiger partial charge in [-0.2, -0.15) is 13.2 Å². The summed E-state index contributed by atoms with van der Waals surface area (Å²) in [4.78, 5) is 22.7. The number of alkyl halides is 3. The Bertz CT molecular complexity index is 530. The normalized spacial score (nSPS) is 11.2. The highest BCUT2D eigenvalue weighted by Crippen LogP contribution is 2.31. The average Bonchev–Trinajstić information content (AvgIpc) is 2.42. The van der Waals surface area contributed by atoms with Crippen LogP contribution in [0.1, 0.15) is 19.4 Å². The fraction of sp³-hybridized carbons (Fsp3) is 0.429. The number of rotatable bonds is 5. The molecule has 0 unspecified atom stereocenters. The SMILES string of the molecule is CC(C)CNC(=O)NC(=O)COc1cccc(C(F)(F)F)c1. The van der Waals surface area contributed by atoms with Crippen LogP contribution in [0, 0.1) is 5.92 Å². The highest BCUT2D eigenvalue weighted by molar-refractivity contribution is 5.94. The molecule has 0 aliphatic rings. The highest BCUT2D eigenvalue weighted by atomic mass is 19.4. The summed E-state index contributed by atoms with van der Waals surface area (Å²) in [6.07, 6.45) is -4.49. The molecule has 3 amide bonds. The van der Waals surface area contributed by atoms with Gasteiger partial charge in [0.15, 0.2) is 6.61 Å². The lowest BCUT2D eigenvalue weighted by molar-refractivity contribution is -0.137. The molecule has 0 spiro atoms. The maximum Gasteiger partial charge on any atom is 0.416 e. The molecule has 0 aliphatic heterocycles. The molecule has 0 saturated carbocycles. The Morgan fingerprint density at radius 2 is 1.95 bits per heavy atom. The first-order chi connectivity index (χ1) is 10.2. The van der Waals surface area contributed by atoms with Gasteiger partial charge in [-0.05, 0) is 24.1 Å². The van der Waals surface area contributed by atoms with E-state index in [1.165, 1.54) is 12.1 Å². The van der Waals surface area contributed by atoms with Gasteiger partial charge in [0.1, 0.15) is 5.75 Å². The minimum absolute atomic E-state index is 0.104. The monoisotopic (exact) mass is 318 g/mol. The second-order valence-corrected chi connectivity index (χ2v) is 4.97. The minimum atomic E-state index is -4.49. The number of ether oxygens (including phenoxy) is 1. The van der Waals surface area contributed by atoms with Crippen LogP contribution in [0.25, 0.3) is 0 Å². The maximum absolute atomic E-state index is 12.5. The fourth-order valence-corrected chi connectivity index (χ4v) is 1.41. The van der Waals surface area contributed by atoms with Crippen molar-refractivity contribution in [3.05, 3.63) is 29.8 Å². The third-order valence-electron chi connectivity index (χ3n) is 2.46. The number of urea groups is 1. The predicted molar refractivity (Wildman–Crippen MR) is 73.3 cm³/mol. The summed E-state index contributed by atoms with van der Waals surface area (Å²) in [5.41, 5.74) is -0.875. The summed E-state index contributed by atoms with van der Waals surface area (Å²) in [6.45, 7) is 3.61. The lowest BCUT2D eigenvalue weighted by Gasteiger charge is -2.11. The molecule has 0 heterocycles. The molecule has 0 fully saturated rings. The smallest absolute Gasteiger partial charge is 0.416 e. The van der Waals surface area contributed by atoms with Gasteiger partial charge in [-0.3, -0.25) is 10.1 Å². The molecular weight excluding hydrogens is 301 g/mol. The largest absolute Gasteiger partial charge is 0.484 e. The van der Waals surface area contributed by atoms with Crippen molar-refractivity contribution in [3.63, 3.8) is 0 Å². The lowest BCUT2D eigenvalue weighted by atomic mass is 10.2. The van der Waals surface area contributed by atoms with Gasteiger partial charge in [0, 0.05) is 6.54 Å². The summed E-state index contributed by atoms with van der Waals surface area (Å²) in [6, 6.07) is 3.47. The van der Waals surface area contributed by atoms with E-state index in [0.29, 0.717) is 6.54 Å². The van der Waals surface area contributed by atoms with Crippen molar-refractivity contribution >= 4 is 11.9 Å². The Hall–Kier alpha value is -2.25. The number of nitrogens with one attached hydrogen (secondary N) is 2. The number of amides is 3. The van der Waals surface area contributed by atoms with Gasteiger partial charge >= 0.3 is 12.2 Å². The van der Waals surface area contributed by atoms with Gasteiger partial charge in [-0.1, -0.05) is 19.9 Å². The minimum Gasteiger partial charge on any atom is -0.484 e. The van der Waals surface area contributed by atoms with Gasteiger partial charge in [-0.25, -0.2) is 4.79 Å². The van der Waals surface area contributed by atoms with Crippen LogP contribution in [0.4, 0.5) is 18.0 Å². The molecule has 2 N–H and O–H groups in total. The summed E-state index contributed by atoms with van der Waals surface area (Å²) < 4.78 is 42.4. The van der Waals surface area contributed by atoms with Gasteiger partial charge in [0.2, 0.25) is 0 Å². The van der Waals surface area contributed by atoms with Crippen LogP contribution in [0.15, 0.2) is 24.3 Å². The summed E-state index contributed by atoms with van der Waals surface area (Å²) in [5.74, 6) is -0.631. The number of hydrogen-bond donors (Lipinski definition) is 2. The van der Waals surface area contributed by atoms with Crippen LogP contribution in [0.3, 0.4) is 0 Å². The van der Waals surface area contributed by atoms with E-state index in [1.54, 1.807) is 0 Å². The van der Waals surface area contributed by atoms with Gasteiger partial charge in [0.05, 0.1) is 5.56 Å². The van der Waals surface area contributed by atoms with Crippen LogP contribution in [0.5, 0.6) is 5.75 Å². The van der Waals surface area contributed by atoms with E-state index in [2.05, 4.69) is 5.32 Å². The highest BCUT2D eigenvalue weighted by Gasteiger charge is 2.30. The maximum atomic E-state index is 12.5. The topological polar surface area (TPSA) is 67.4 Å². The molecule has 0 bridgehead atoms. The molecule has 0 aliphatic carbocycles. The van der Waals surface area contributed by atoms with Crippen LogP contribution in [-0.4, -0.2) is 25.1 Å². The van der Waals surface area contributed by atoms with Crippen LogP contribution in [-0.2, 0) is 11.0 Å². The van der Waals surface area contributed by atoms with Gasteiger partial charge < -0.3 is 10.1 Å². The second-order valence-electron chi connectivity index (χ2n) is 4.97. The zero-order chi connectivity index (χ0) is 16.8. The molecule has 8 heteroatoms. The molecule has 1 rings (SSSR count). The Morgan fingerprint density at radius 1 is 1.27 bits per heavy atom. The molecule has 0 radical (unpaired) electrons. The Balaban J connectivity index is 2.46. The molecule has 22 heavy (non-hydrogen) atoms. The molecule has 1 aromatic rings. The van der Waals surface area contributed by atoms with Gasteiger partial charge in [0.25, 0.3) is 5.91 Å². The summed E-state index contributed by atoms with van der Waals surface area (Å²) in [5, 5.41) is 4.48. The van der Waals surface area contributed by atoms with Gasteiger partial charge in [-0.15, -0.1) is 0 Å². The molecular formula is C14H17F3N2O3. The number of benzene rings is 1. The van der Waals surface area contributed by atoms with E-state index in [9.17, 15) is 22.8 Å². The first-order valence-corrected chi connectivity index (χ1v) is 6.56. The average molecular weight is 318 g/mol. The number of hydrogen-bond acceptors (Lipinski definition) is 3. The number of imide groups is 1. The number of carbonyl (C=O) groups is 2. The summed E-state index contributed by atoms with van der Waals surface area (Å²) >= 11 is 0. The molecule has 122 valence electrons. The zero-order valence-corrected chi connectivity index (χ0v) is 12.2. The predicted octanol–water partition coefficient (Wildman–Crippen LogP) is 2.57. The van der Waals surface area contributed by atoms with E-state index in [-0.39, 0.29) is 11.7 Å². The van der Waals surface area contributed by atoms with E-state index in [1.807, 2.05) is 19.2 Å². The van der Waals surface area contributed by atoms with Crippen molar-refractivity contribution in [2.75, 3.05) is 13.2 Å². The Morgan fingerprint density at radius 3 is 2.55 bits per heavy atom. The Labute approximate surface area is 125 Å². The van der Waals surface area contributed by atoms with Crippen molar-refractivity contribution in [1.82, 2.24) is 10.6 Å². The van der Waals surface area contributed by atoms with Crippen molar-refractivity contribution in [2.45, 2.75) is 20.0 Å². The quantitative estimate of drug-likeness (QED) is 0.877. The second kappa shape index (κ2) is 7.67. The first-order valence-electron chi connectivity index (χ1n) is 6.56.